The summed E-state index contributed by atoms with van der Waals surface area (Å²) >= 11 is 0. The molecule has 11 heavy (non-hydrogen) atoms. The first kappa shape index (κ1) is 8.51. The second-order valence-corrected chi connectivity index (χ2v) is 3.16. The molecule has 0 aliphatic carbocycles. The molecule has 0 aromatic rings. The van der Waals surface area contributed by atoms with E-state index in [4.69, 9.17) is 5.26 Å². The molecule has 1 rings (SSSR count). The topological polar surface area (TPSA) is 56.0 Å². The van der Waals surface area contributed by atoms with Crippen molar-refractivity contribution >= 4 is 0 Å². The van der Waals surface area contributed by atoms with Gasteiger partial charge in [0.25, 0.3) is 0 Å². The lowest BCUT2D eigenvalue weighted by molar-refractivity contribution is 0.0328. The van der Waals surface area contributed by atoms with E-state index in [1.807, 2.05) is 6.07 Å². The van der Waals surface area contributed by atoms with Gasteiger partial charge in [0, 0.05) is 0 Å². The highest BCUT2D eigenvalue weighted by Gasteiger charge is 2.27. The summed E-state index contributed by atoms with van der Waals surface area (Å²) in [5.74, 6) is 0. The van der Waals surface area contributed by atoms with Crippen molar-refractivity contribution in [3.8, 4) is 6.07 Å². The number of aliphatic hydroxyl groups is 1. The Labute approximate surface area is 67.0 Å². The average Bonchev–Trinajstić information content (AvgIpc) is 2.15. The van der Waals surface area contributed by atoms with Crippen LogP contribution in [-0.4, -0.2) is 23.8 Å². The fourth-order valence-electron chi connectivity index (χ4n) is 1.44. The highest BCUT2D eigenvalue weighted by Crippen LogP contribution is 2.22. The maximum atomic E-state index is 9.79. The van der Waals surface area contributed by atoms with Gasteiger partial charge in [-0.15, -0.1) is 0 Å². The van der Waals surface area contributed by atoms with Crippen LogP contribution in [0.3, 0.4) is 0 Å². The maximum absolute atomic E-state index is 9.79. The molecule has 0 bridgehead atoms. The van der Waals surface area contributed by atoms with Crippen molar-refractivity contribution in [1.82, 2.24) is 5.32 Å². The Hall–Kier alpha value is -0.590. The minimum atomic E-state index is -0.710. The lowest BCUT2D eigenvalue weighted by Crippen LogP contribution is -2.29. The van der Waals surface area contributed by atoms with Crippen LogP contribution in [0.1, 0.15) is 25.7 Å². The third-order valence-corrected chi connectivity index (χ3v) is 2.17. The minimum Gasteiger partial charge on any atom is -0.389 e. The van der Waals surface area contributed by atoms with E-state index in [9.17, 15) is 5.11 Å². The predicted octanol–water partition coefficient (Wildman–Crippen LogP) is 0.405. The molecule has 2 N–H and O–H groups in total. The van der Waals surface area contributed by atoms with E-state index in [-0.39, 0.29) is 6.42 Å². The van der Waals surface area contributed by atoms with E-state index in [1.165, 1.54) is 0 Å². The van der Waals surface area contributed by atoms with E-state index in [0.29, 0.717) is 6.42 Å². The largest absolute Gasteiger partial charge is 0.389 e. The molecule has 0 aromatic heterocycles. The van der Waals surface area contributed by atoms with E-state index in [1.54, 1.807) is 0 Å². The SMILES string of the molecule is N#CCC1(O)CCCNCC1. The zero-order valence-corrected chi connectivity index (χ0v) is 6.64. The first-order valence-electron chi connectivity index (χ1n) is 4.07. The zero-order chi connectivity index (χ0) is 8.16. The Kier molecular flexibility index (Phi) is 2.86. The number of nitriles is 1. The van der Waals surface area contributed by atoms with Crippen molar-refractivity contribution in [2.24, 2.45) is 0 Å². The average molecular weight is 154 g/mol. The van der Waals surface area contributed by atoms with Gasteiger partial charge in [0.1, 0.15) is 0 Å². The molecule has 3 nitrogen and oxygen atoms in total. The smallest absolute Gasteiger partial charge is 0.0789 e. The highest BCUT2D eigenvalue weighted by molar-refractivity contribution is 4.90. The zero-order valence-electron chi connectivity index (χ0n) is 6.64. The number of nitrogens with zero attached hydrogens (tertiary/aromatic N) is 1. The van der Waals surface area contributed by atoms with Crippen LogP contribution >= 0.6 is 0 Å². The monoisotopic (exact) mass is 154 g/mol. The van der Waals surface area contributed by atoms with Crippen molar-refractivity contribution in [2.75, 3.05) is 13.1 Å². The van der Waals surface area contributed by atoms with E-state index in [2.05, 4.69) is 5.32 Å². The van der Waals surface area contributed by atoms with Gasteiger partial charge in [0.15, 0.2) is 0 Å². The Morgan fingerprint density at radius 2 is 2.27 bits per heavy atom. The molecular formula is C8H14N2O. The van der Waals surface area contributed by atoms with Crippen LogP contribution in [0.4, 0.5) is 0 Å². The summed E-state index contributed by atoms with van der Waals surface area (Å²) in [5, 5.41) is 21.4. The molecule has 1 aliphatic rings. The van der Waals surface area contributed by atoms with Crippen LogP contribution in [0.25, 0.3) is 0 Å². The molecule has 1 fully saturated rings. The number of hydrogen-bond acceptors (Lipinski definition) is 3. The van der Waals surface area contributed by atoms with Crippen molar-refractivity contribution in [2.45, 2.75) is 31.3 Å². The van der Waals surface area contributed by atoms with Gasteiger partial charge in [-0.2, -0.15) is 5.26 Å². The molecule has 0 amide bonds. The molecule has 3 heteroatoms. The summed E-state index contributed by atoms with van der Waals surface area (Å²) in [4.78, 5) is 0. The molecule has 1 aliphatic heterocycles. The normalized spacial score (nSPS) is 32.4. The van der Waals surface area contributed by atoms with E-state index in [0.717, 1.165) is 25.9 Å². The molecule has 0 aromatic carbocycles. The lowest BCUT2D eigenvalue weighted by Gasteiger charge is -2.22. The summed E-state index contributed by atoms with van der Waals surface area (Å²) in [6, 6.07) is 2.03. The molecule has 1 unspecified atom stereocenters. The lowest BCUT2D eigenvalue weighted by atomic mass is 9.92. The maximum Gasteiger partial charge on any atom is 0.0789 e. The van der Waals surface area contributed by atoms with Gasteiger partial charge in [-0.25, -0.2) is 0 Å². The standard InChI is InChI=1S/C8H14N2O/c9-5-3-8(11)2-1-6-10-7-4-8/h10-11H,1-4,6-7H2. The van der Waals surface area contributed by atoms with Crippen LogP contribution in [0, 0.1) is 11.3 Å². The molecule has 1 atom stereocenters. The molecule has 1 saturated heterocycles. The fraction of sp³-hybridized carbons (Fsp3) is 0.875. The summed E-state index contributed by atoms with van der Waals surface area (Å²) in [6.07, 6.45) is 2.71. The van der Waals surface area contributed by atoms with Gasteiger partial charge < -0.3 is 10.4 Å². The van der Waals surface area contributed by atoms with Crippen LogP contribution in [-0.2, 0) is 0 Å². The predicted molar refractivity (Wildman–Crippen MR) is 41.9 cm³/mol. The molecule has 0 saturated carbocycles. The first-order valence-corrected chi connectivity index (χ1v) is 4.07. The molecule has 0 radical (unpaired) electrons. The van der Waals surface area contributed by atoms with Gasteiger partial charge in [0.2, 0.25) is 0 Å². The molecule has 1 heterocycles. The van der Waals surface area contributed by atoms with Crippen molar-refractivity contribution in [1.29, 1.82) is 5.26 Å². The quantitative estimate of drug-likeness (QED) is 0.575. The Morgan fingerprint density at radius 1 is 1.45 bits per heavy atom. The van der Waals surface area contributed by atoms with Gasteiger partial charge >= 0.3 is 0 Å². The molecule has 62 valence electrons. The number of rotatable bonds is 1. The summed E-state index contributed by atoms with van der Waals surface area (Å²) in [7, 11) is 0. The van der Waals surface area contributed by atoms with Gasteiger partial charge in [0.05, 0.1) is 18.1 Å². The van der Waals surface area contributed by atoms with Crippen molar-refractivity contribution < 1.29 is 5.11 Å². The summed E-state index contributed by atoms with van der Waals surface area (Å²) < 4.78 is 0. The highest BCUT2D eigenvalue weighted by atomic mass is 16.3. The van der Waals surface area contributed by atoms with Gasteiger partial charge in [-0.1, -0.05) is 0 Å². The third-order valence-electron chi connectivity index (χ3n) is 2.17. The van der Waals surface area contributed by atoms with Crippen LogP contribution in [0.5, 0.6) is 0 Å². The van der Waals surface area contributed by atoms with E-state index < -0.39 is 5.60 Å². The number of hydrogen-bond donors (Lipinski definition) is 2. The van der Waals surface area contributed by atoms with Gasteiger partial charge in [-0.3, -0.25) is 0 Å². The fourth-order valence-corrected chi connectivity index (χ4v) is 1.44. The van der Waals surface area contributed by atoms with Crippen LogP contribution in [0.15, 0.2) is 0 Å². The summed E-state index contributed by atoms with van der Waals surface area (Å²) in [6.45, 7) is 1.80. The Morgan fingerprint density at radius 3 is 3.00 bits per heavy atom. The first-order chi connectivity index (χ1) is 5.27. The van der Waals surface area contributed by atoms with Crippen molar-refractivity contribution in [3.05, 3.63) is 0 Å². The second kappa shape index (κ2) is 3.70. The molecular weight excluding hydrogens is 140 g/mol. The molecule has 0 spiro atoms. The summed E-state index contributed by atoms with van der Waals surface area (Å²) in [5.41, 5.74) is -0.710. The van der Waals surface area contributed by atoms with Crippen LogP contribution in [0.2, 0.25) is 0 Å². The van der Waals surface area contributed by atoms with Crippen LogP contribution < -0.4 is 5.32 Å². The second-order valence-electron chi connectivity index (χ2n) is 3.16. The Bertz CT molecular complexity index is 154. The number of nitrogens with one attached hydrogen (secondary N) is 1. The van der Waals surface area contributed by atoms with Crippen molar-refractivity contribution in [3.63, 3.8) is 0 Å². The van der Waals surface area contributed by atoms with E-state index >= 15 is 0 Å². The Balaban J connectivity index is 2.46. The van der Waals surface area contributed by atoms with Gasteiger partial charge in [-0.05, 0) is 32.4 Å². The third kappa shape index (κ3) is 2.49. The minimum absolute atomic E-state index is 0.272.